The summed E-state index contributed by atoms with van der Waals surface area (Å²) in [5.74, 6) is -6.57. The first-order chi connectivity index (χ1) is 18.9. The van der Waals surface area contributed by atoms with Crippen LogP contribution in [0.4, 0.5) is 35.1 Å². The predicted octanol–water partition coefficient (Wildman–Crippen LogP) is 8.57. The molecule has 0 fully saturated rings. The summed E-state index contributed by atoms with van der Waals surface area (Å²) >= 11 is 0. The highest BCUT2D eigenvalue weighted by molar-refractivity contribution is 5.84. The molecule has 0 aliphatic heterocycles. The van der Waals surface area contributed by atoms with E-state index in [0.717, 1.165) is 17.7 Å². The second-order valence-electron chi connectivity index (χ2n) is 9.00. The van der Waals surface area contributed by atoms with Gasteiger partial charge in [0.2, 0.25) is 5.75 Å². The summed E-state index contributed by atoms with van der Waals surface area (Å²) in [4.78, 5) is 0. The second kappa shape index (κ2) is 12.0. The third kappa shape index (κ3) is 6.91. The van der Waals surface area contributed by atoms with Crippen molar-refractivity contribution in [2.24, 2.45) is 0 Å². The highest BCUT2D eigenvalue weighted by Gasteiger charge is 2.34. The van der Waals surface area contributed by atoms with Gasteiger partial charge < -0.3 is 9.47 Å². The second-order valence-corrected chi connectivity index (χ2v) is 9.00. The molecule has 0 aliphatic carbocycles. The lowest BCUT2D eigenvalue weighted by atomic mass is 9.97. The van der Waals surface area contributed by atoms with Gasteiger partial charge in [0, 0.05) is 23.1 Å². The van der Waals surface area contributed by atoms with Crippen LogP contribution in [0.2, 0.25) is 0 Å². The van der Waals surface area contributed by atoms with Crippen molar-refractivity contribution in [1.82, 2.24) is 0 Å². The van der Waals surface area contributed by atoms with Gasteiger partial charge in [-0.1, -0.05) is 43.0 Å². The summed E-state index contributed by atoms with van der Waals surface area (Å²) in [5, 5.41) is 0.812. The number of alkyl halides is 3. The maximum Gasteiger partial charge on any atom is 0.573 e. The normalized spacial score (nSPS) is 11.6. The molecule has 0 aliphatic rings. The number of ether oxygens (including phenoxy) is 2. The molecule has 4 rings (SSSR count). The van der Waals surface area contributed by atoms with Crippen LogP contribution in [0.25, 0.3) is 10.8 Å². The Morgan fingerprint density at radius 1 is 0.700 bits per heavy atom. The molecule has 0 saturated heterocycles. The van der Waals surface area contributed by atoms with Crippen LogP contribution >= 0.6 is 0 Å². The summed E-state index contributed by atoms with van der Waals surface area (Å²) in [6, 6.07) is 11.6. The molecule has 0 aromatic heterocycles. The Morgan fingerprint density at radius 3 is 1.98 bits per heavy atom. The molecule has 0 atom stereocenters. The van der Waals surface area contributed by atoms with Crippen LogP contribution in [-0.4, -0.2) is 13.0 Å². The average molecular weight is 566 g/mol. The van der Waals surface area contributed by atoms with E-state index in [1.807, 2.05) is 0 Å². The molecule has 2 nitrogen and oxygen atoms in total. The van der Waals surface area contributed by atoms with Gasteiger partial charge in [-0.05, 0) is 59.9 Å². The molecule has 4 aromatic rings. The van der Waals surface area contributed by atoms with Crippen molar-refractivity contribution in [3.8, 4) is 11.5 Å². The van der Waals surface area contributed by atoms with Gasteiger partial charge in [0.1, 0.15) is 29.8 Å². The number of rotatable bonds is 10. The summed E-state index contributed by atoms with van der Waals surface area (Å²) < 4.78 is 118. The van der Waals surface area contributed by atoms with Gasteiger partial charge in [-0.15, -0.1) is 13.2 Å². The van der Waals surface area contributed by atoms with E-state index in [1.165, 1.54) is 18.2 Å². The molecule has 0 amide bonds. The van der Waals surface area contributed by atoms with Crippen molar-refractivity contribution >= 4 is 10.8 Å². The number of benzene rings is 4. The Kier molecular flexibility index (Phi) is 8.66. The Balaban J connectivity index is 1.45. The minimum absolute atomic E-state index is 0.0208. The Labute approximate surface area is 224 Å². The lowest BCUT2D eigenvalue weighted by Gasteiger charge is -2.12. The van der Waals surface area contributed by atoms with Crippen molar-refractivity contribution in [3.63, 3.8) is 0 Å². The van der Waals surface area contributed by atoms with Gasteiger partial charge >= 0.3 is 6.36 Å². The number of aryl methyl sites for hydroxylation is 3. The monoisotopic (exact) mass is 566 g/mol. The van der Waals surface area contributed by atoms with E-state index in [9.17, 15) is 30.7 Å². The van der Waals surface area contributed by atoms with Crippen molar-refractivity contribution in [2.75, 3.05) is 6.61 Å². The molecule has 0 heterocycles. The zero-order valence-corrected chi connectivity index (χ0v) is 20.9. The minimum atomic E-state index is -5.25. The van der Waals surface area contributed by atoms with Crippen LogP contribution in [0.5, 0.6) is 11.5 Å². The van der Waals surface area contributed by atoms with E-state index in [4.69, 9.17) is 4.74 Å². The molecule has 0 bridgehead atoms. The van der Waals surface area contributed by atoms with Gasteiger partial charge in [0.05, 0.1) is 0 Å². The van der Waals surface area contributed by atoms with Gasteiger partial charge in [-0.25, -0.2) is 22.0 Å². The van der Waals surface area contributed by atoms with E-state index in [-0.39, 0.29) is 60.1 Å². The fourth-order valence-electron chi connectivity index (χ4n) is 4.31. The van der Waals surface area contributed by atoms with Crippen molar-refractivity contribution in [1.29, 1.82) is 0 Å². The molecule has 0 saturated carbocycles. The predicted molar refractivity (Wildman–Crippen MR) is 134 cm³/mol. The smallest absolute Gasteiger partial charge is 0.489 e. The fraction of sp³-hybridized carbons (Fsp3) is 0.200. The number of halogens is 8. The lowest BCUT2D eigenvalue weighted by Crippen LogP contribution is -2.19. The molecule has 210 valence electrons. The first-order valence-corrected chi connectivity index (χ1v) is 12.1. The zero-order valence-electron chi connectivity index (χ0n) is 20.9. The lowest BCUT2D eigenvalue weighted by molar-refractivity contribution is -0.276. The molecule has 0 unspecified atom stereocenters. The fourth-order valence-corrected chi connectivity index (χ4v) is 4.31. The van der Waals surface area contributed by atoms with Gasteiger partial charge in [0.15, 0.2) is 11.6 Å². The number of fused-ring (bicyclic) bond motifs is 1. The molecule has 0 radical (unpaired) electrons. The third-order valence-corrected chi connectivity index (χ3v) is 6.20. The summed E-state index contributed by atoms with van der Waals surface area (Å²) in [5.41, 5.74) is 0.884. The molecule has 40 heavy (non-hydrogen) atoms. The van der Waals surface area contributed by atoms with E-state index in [1.54, 1.807) is 18.2 Å². The minimum Gasteiger partial charge on any atom is -0.489 e. The van der Waals surface area contributed by atoms with Crippen molar-refractivity contribution in [2.45, 2.75) is 32.0 Å². The quantitative estimate of drug-likeness (QED) is 0.141. The molecular weight excluding hydrogens is 544 g/mol. The molecular formula is C30H22F8O2. The highest BCUT2D eigenvalue weighted by Crippen LogP contribution is 2.30. The molecule has 4 aromatic carbocycles. The highest BCUT2D eigenvalue weighted by atomic mass is 19.4. The molecule has 10 heteroatoms. The SMILES string of the molecule is C=CCOc1cc(F)c(CCc2ccc3c(F)c(CCc4cc(F)c(OC(F)(F)F)c(F)c4)ccc3c2)c(F)c1. The van der Waals surface area contributed by atoms with Crippen LogP contribution < -0.4 is 9.47 Å². The van der Waals surface area contributed by atoms with Crippen molar-refractivity contribution in [3.05, 3.63) is 119 Å². The topological polar surface area (TPSA) is 18.5 Å². The Hall–Kier alpha value is -4.08. The summed E-state index contributed by atoms with van der Waals surface area (Å²) in [6.45, 7) is 3.59. The number of hydrogen-bond donors (Lipinski definition) is 0. The van der Waals surface area contributed by atoms with Crippen LogP contribution in [-0.2, 0) is 25.7 Å². The molecule has 0 spiro atoms. The standard InChI is InChI=1S/C30H22F8O2/c1-2-11-39-21-15-24(31)23(25(32)16-21)10-5-17-4-9-22-20(12-17)8-7-19(28(22)35)6-3-18-13-26(33)29(27(34)14-18)40-30(36,37)38/h2,4,7-9,12-16H,1,3,5-6,10-11H2. The zero-order chi connectivity index (χ0) is 29.0. The van der Waals surface area contributed by atoms with E-state index in [2.05, 4.69) is 11.3 Å². The van der Waals surface area contributed by atoms with Gasteiger partial charge in [-0.2, -0.15) is 0 Å². The van der Waals surface area contributed by atoms with Crippen LogP contribution in [0.1, 0.15) is 22.3 Å². The summed E-state index contributed by atoms with van der Waals surface area (Å²) in [7, 11) is 0. The first-order valence-electron chi connectivity index (χ1n) is 12.1. The maximum atomic E-state index is 15.2. The van der Waals surface area contributed by atoms with Crippen LogP contribution in [0, 0.1) is 29.1 Å². The Bertz CT molecular complexity index is 1500. The van der Waals surface area contributed by atoms with Crippen LogP contribution in [0.15, 0.2) is 67.3 Å². The summed E-state index contributed by atoms with van der Waals surface area (Å²) in [6.07, 6.45) is -3.48. The Morgan fingerprint density at radius 2 is 1.35 bits per heavy atom. The first kappa shape index (κ1) is 28.9. The van der Waals surface area contributed by atoms with Gasteiger partial charge in [-0.3, -0.25) is 0 Å². The largest absolute Gasteiger partial charge is 0.573 e. The van der Waals surface area contributed by atoms with E-state index >= 15 is 4.39 Å². The number of hydrogen-bond acceptors (Lipinski definition) is 2. The van der Waals surface area contributed by atoms with E-state index in [0.29, 0.717) is 17.5 Å². The average Bonchev–Trinajstić information content (AvgIpc) is 2.88. The van der Waals surface area contributed by atoms with Crippen LogP contribution in [0.3, 0.4) is 0 Å². The van der Waals surface area contributed by atoms with Crippen molar-refractivity contribution < 1.29 is 44.6 Å². The molecule has 0 N–H and O–H groups in total. The van der Waals surface area contributed by atoms with E-state index < -0.39 is 41.2 Å². The third-order valence-electron chi connectivity index (χ3n) is 6.20. The maximum absolute atomic E-state index is 15.2. The van der Waals surface area contributed by atoms with Gasteiger partial charge in [0.25, 0.3) is 0 Å².